The highest BCUT2D eigenvalue weighted by Crippen LogP contribution is 2.13. The number of phenolic OH excluding ortho intramolecular Hbond substituents is 1. The van der Waals surface area contributed by atoms with Crippen LogP contribution in [-0.2, 0) is 11.2 Å². The lowest BCUT2D eigenvalue weighted by Crippen LogP contribution is -2.34. The van der Waals surface area contributed by atoms with Gasteiger partial charge in [0, 0.05) is 36.4 Å². The topological polar surface area (TPSA) is 130 Å². The lowest BCUT2D eigenvalue weighted by atomic mass is 10.1. The van der Waals surface area contributed by atoms with Gasteiger partial charge in [-0.3, -0.25) is 9.59 Å². The van der Waals surface area contributed by atoms with E-state index in [4.69, 9.17) is 11.5 Å². The number of carbonyl (C=O) groups is 2. The van der Waals surface area contributed by atoms with Gasteiger partial charge in [0.25, 0.3) is 5.91 Å². The molecule has 0 aromatic heterocycles. The van der Waals surface area contributed by atoms with E-state index in [0.29, 0.717) is 42.9 Å². The Hall–Kier alpha value is -3.22. The lowest BCUT2D eigenvalue weighted by molar-refractivity contribution is -0.121. The van der Waals surface area contributed by atoms with Crippen molar-refractivity contribution in [1.82, 2.24) is 10.6 Å². The number of benzene rings is 2. The largest absolute Gasteiger partial charge is 0.508 e. The zero-order valence-electron chi connectivity index (χ0n) is 13.8. The van der Waals surface area contributed by atoms with Crippen LogP contribution in [0.3, 0.4) is 0 Å². The first-order valence-corrected chi connectivity index (χ1v) is 7.93. The van der Waals surface area contributed by atoms with Crippen molar-refractivity contribution in [1.29, 1.82) is 0 Å². The van der Waals surface area contributed by atoms with Gasteiger partial charge in [0.15, 0.2) is 0 Å². The number of phenols is 1. The van der Waals surface area contributed by atoms with Gasteiger partial charge in [-0.25, -0.2) is 0 Å². The number of hydrogen-bond acceptors (Lipinski definition) is 5. The summed E-state index contributed by atoms with van der Waals surface area (Å²) in [6, 6.07) is 11.5. The van der Waals surface area contributed by atoms with Crippen LogP contribution in [-0.4, -0.2) is 30.0 Å². The van der Waals surface area contributed by atoms with Crippen LogP contribution in [0.1, 0.15) is 22.3 Å². The van der Waals surface area contributed by atoms with Gasteiger partial charge in [-0.15, -0.1) is 0 Å². The molecule has 0 atom stereocenters. The van der Waals surface area contributed by atoms with Gasteiger partial charge in [-0.05, 0) is 42.3 Å². The third-order valence-corrected chi connectivity index (χ3v) is 3.52. The first-order chi connectivity index (χ1) is 11.9. The van der Waals surface area contributed by atoms with E-state index in [0.717, 1.165) is 5.56 Å². The number of nitrogens with one attached hydrogen (secondary N) is 2. The van der Waals surface area contributed by atoms with Gasteiger partial charge in [0.2, 0.25) is 5.91 Å². The summed E-state index contributed by atoms with van der Waals surface area (Å²) < 4.78 is 0. The van der Waals surface area contributed by atoms with Crippen LogP contribution in [0.25, 0.3) is 0 Å². The number of anilines is 2. The Morgan fingerprint density at radius 3 is 2.32 bits per heavy atom. The second-order valence-corrected chi connectivity index (χ2v) is 5.66. The Bertz CT molecular complexity index is 741. The molecule has 0 saturated carbocycles. The van der Waals surface area contributed by atoms with E-state index in [-0.39, 0.29) is 17.6 Å². The van der Waals surface area contributed by atoms with E-state index in [9.17, 15) is 14.7 Å². The number of rotatable bonds is 7. The number of nitrogen functional groups attached to an aromatic ring is 2. The van der Waals surface area contributed by atoms with E-state index in [1.165, 1.54) is 0 Å². The zero-order valence-corrected chi connectivity index (χ0v) is 13.8. The molecular weight excluding hydrogens is 320 g/mol. The summed E-state index contributed by atoms with van der Waals surface area (Å²) in [5.41, 5.74) is 13.4. The Morgan fingerprint density at radius 2 is 1.64 bits per heavy atom. The Morgan fingerprint density at radius 1 is 0.960 bits per heavy atom. The molecule has 0 aliphatic heterocycles. The van der Waals surface area contributed by atoms with Crippen LogP contribution in [0.4, 0.5) is 11.4 Å². The van der Waals surface area contributed by atoms with Crippen LogP contribution in [0, 0.1) is 0 Å². The summed E-state index contributed by atoms with van der Waals surface area (Å²) in [6.45, 7) is 0.619. The number of carbonyl (C=O) groups excluding carboxylic acids is 2. The molecule has 2 rings (SSSR count). The van der Waals surface area contributed by atoms with Crippen molar-refractivity contribution in [3.05, 3.63) is 53.6 Å². The van der Waals surface area contributed by atoms with Gasteiger partial charge in [-0.1, -0.05) is 12.1 Å². The molecule has 7 heteroatoms. The minimum Gasteiger partial charge on any atom is -0.508 e. The number of nitrogens with two attached hydrogens (primary N) is 2. The average Bonchev–Trinajstić information content (AvgIpc) is 2.56. The summed E-state index contributed by atoms with van der Waals surface area (Å²) in [7, 11) is 0. The molecule has 0 aliphatic carbocycles. The normalized spacial score (nSPS) is 10.2. The summed E-state index contributed by atoms with van der Waals surface area (Å²) in [4.78, 5) is 23.8. The van der Waals surface area contributed by atoms with Crippen LogP contribution >= 0.6 is 0 Å². The van der Waals surface area contributed by atoms with Crippen molar-refractivity contribution < 1.29 is 14.7 Å². The van der Waals surface area contributed by atoms with Gasteiger partial charge < -0.3 is 27.2 Å². The second kappa shape index (κ2) is 8.58. The zero-order chi connectivity index (χ0) is 18.2. The fraction of sp³-hybridized carbons (Fsp3) is 0.222. The maximum atomic E-state index is 12.0. The first-order valence-electron chi connectivity index (χ1n) is 7.93. The first kappa shape index (κ1) is 18.1. The highest BCUT2D eigenvalue weighted by Gasteiger charge is 2.07. The van der Waals surface area contributed by atoms with Crippen LogP contribution in [0.15, 0.2) is 42.5 Å². The molecule has 7 N–H and O–H groups in total. The maximum Gasteiger partial charge on any atom is 0.251 e. The molecule has 0 fully saturated rings. The van der Waals surface area contributed by atoms with Crippen molar-refractivity contribution in [2.45, 2.75) is 12.8 Å². The maximum absolute atomic E-state index is 12.0. The molecule has 0 spiro atoms. The van der Waals surface area contributed by atoms with E-state index in [2.05, 4.69) is 10.6 Å². The Balaban J connectivity index is 1.68. The number of hydrogen-bond donors (Lipinski definition) is 5. The van der Waals surface area contributed by atoms with Gasteiger partial charge in [-0.2, -0.15) is 0 Å². The van der Waals surface area contributed by atoms with E-state index < -0.39 is 0 Å². The molecule has 0 bridgehead atoms. The molecule has 25 heavy (non-hydrogen) atoms. The summed E-state index contributed by atoms with van der Waals surface area (Å²) in [6.07, 6.45) is 0.846. The molecular formula is C18H22N4O3. The van der Waals surface area contributed by atoms with E-state index >= 15 is 0 Å². The number of amides is 2. The van der Waals surface area contributed by atoms with Crippen LogP contribution in [0.2, 0.25) is 0 Å². The Kier molecular flexibility index (Phi) is 6.22. The Labute approximate surface area is 146 Å². The monoisotopic (exact) mass is 342 g/mol. The van der Waals surface area contributed by atoms with Crippen molar-refractivity contribution in [2.24, 2.45) is 0 Å². The standard InChI is InChI=1S/C18H22N4O3/c19-14-9-13(10-15(20)11-14)18(25)22-7-6-21-17(24)5-4-12-2-1-3-16(23)8-12/h1-3,8-11,23H,4-7,19-20H2,(H,21,24)(H,22,25). The molecule has 7 nitrogen and oxygen atoms in total. The molecule has 132 valence electrons. The van der Waals surface area contributed by atoms with Gasteiger partial charge in [0.05, 0.1) is 0 Å². The highest BCUT2D eigenvalue weighted by molar-refractivity contribution is 5.96. The van der Waals surface area contributed by atoms with Gasteiger partial charge >= 0.3 is 0 Å². The van der Waals surface area contributed by atoms with E-state index in [1.807, 2.05) is 6.07 Å². The third-order valence-electron chi connectivity index (χ3n) is 3.52. The summed E-state index contributed by atoms with van der Waals surface area (Å²) in [5, 5.41) is 14.8. The fourth-order valence-corrected chi connectivity index (χ4v) is 2.35. The minimum atomic E-state index is -0.298. The smallest absolute Gasteiger partial charge is 0.251 e. The van der Waals surface area contributed by atoms with E-state index in [1.54, 1.807) is 36.4 Å². The number of aryl methyl sites for hydroxylation is 1. The molecule has 2 aromatic carbocycles. The van der Waals surface area contributed by atoms with Crippen molar-refractivity contribution >= 4 is 23.2 Å². The molecule has 2 aromatic rings. The molecule has 0 saturated heterocycles. The SMILES string of the molecule is Nc1cc(N)cc(C(=O)NCCNC(=O)CCc2cccc(O)c2)c1. The summed E-state index contributed by atoms with van der Waals surface area (Å²) in [5.74, 6) is -0.235. The molecule has 0 aliphatic rings. The molecule has 0 radical (unpaired) electrons. The third kappa shape index (κ3) is 6.06. The van der Waals surface area contributed by atoms with Crippen molar-refractivity contribution in [3.63, 3.8) is 0 Å². The average molecular weight is 342 g/mol. The summed E-state index contributed by atoms with van der Waals surface area (Å²) >= 11 is 0. The van der Waals surface area contributed by atoms with Gasteiger partial charge in [0.1, 0.15) is 5.75 Å². The predicted molar refractivity (Wildman–Crippen MR) is 97.0 cm³/mol. The minimum absolute atomic E-state index is 0.120. The fourth-order valence-electron chi connectivity index (χ4n) is 2.35. The second-order valence-electron chi connectivity index (χ2n) is 5.66. The van der Waals surface area contributed by atoms with Crippen molar-refractivity contribution in [3.8, 4) is 5.75 Å². The highest BCUT2D eigenvalue weighted by atomic mass is 16.3. The number of aromatic hydroxyl groups is 1. The van der Waals surface area contributed by atoms with Crippen LogP contribution in [0.5, 0.6) is 5.75 Å². The van der Waals surface area contributed by atoms with Crippen molar-refractivity contribution in [2.75, 3.05) is 24.6 Å². The molecule has 0 unspecified atom stereocenters. The lowest BCUT2D eigenvalue weighted by Gasteiger charge is -2.08. The molecule has 0 heterocycles. The molecule has 2 amide bonds. The van der Waals surface area contributed by atoms with Crippen LogP contribution < -0.4 is 22.1 Å². The quantitative estimate of drug-likeness (QED) is 0.379. The predicted octanol–water partition coefficient (Wildman–Crippen LogP) is 1.04.